The van der Waals surface area contributed by atoms with Gasteiger partial charge in [0.1, 0.15) is 5.75 Å². The Hall–Kier alpha value is -1.82. The molecular formula is C15H20N2O3S. The third-order valence-electron chi connectivity index (χ3n) is 3.66. The van der Waals surface area contributed by atoms with Crippen molar-refractivity contribution < 1.29 is 13.2 Å². The SMILES string of the molecule is COc1c(C)cc(S(=O)(=O)n2nc(C)cc2C)c(C)c1C. The highest BCUT2D eigenvalue weighted by Gasteiger charge is 2.25. The van der Waals surface area contributed by atoms with Crippen molar-refractivity contribution in [2.24, 2.45) is 0 Å². The number of rotatable bonds is 3. The molecular weight excluding hydrogens is 288 g/mol. The summed E-state index contributed by atoms with van der Waals surface area (Å²) in [4.78, 5) is 0.268. The van der Waals surface area contributed by atoms with Crippen molar-refractivity contribution in [1.82, 2.24) is 9.19 Å². The molecule has 0 saturated heterocycles. The molecule has 5 nitrogen and oxygen atoms in total. The lowest BCUT2D eigenvalue weighted by Crippen LogP contribution is -2.18. The summed E-state index contributed by atoms with van der Waals surface area (Å²) in [7, 11) is -2.11. The fourth-order valence-corrected chi connectivity index (χ4v) is 4.27. The van der Waals surface area contributed by atoms with E-state index in [1.54, 1.807) is 40.0 Å². The quantitative estimate of drug-likeness (QED) is 0.874. The molecule has 1 heterocycles. The lowest BCUT2D eigenvalue weighted by Gasteiger charge is -2.16. The van der Waals surface area contributed by atoms with Gasteiger partial charge >= 0.3 is 0 Å². The molecule has 0 unspecified atom stereocenters. The van der Waals surface area contributed by atoms with E-state index in [2.05, 4.69) is 5.10 Å². The summed E-state index contributed by atoms with van der Waals surface area (Å²) >= 11 is 0. The molecule has 2 rings (SSSR count). The van der Waals surface area contributed by atoms with Gasteiger partial charge in [-0.15, -0.1) is 0 Å². The zero-order chi connectivity index (χ0) is 15.9. The van der Waals surface area contributed by atoms with Crippen LogP contribution in [0.2, 0.25) is 0 Å². The van der Waals surface area contributed by atoms with E-state index in [1.807, 2.05) is 13.8 Å². The molecule has 0 atom stereocenters. The van der Waals surface area contributed by atoms with Crippen molar-refractivity contribution >= 4 is 10.0 Å². The molecule has 1 aromatic carbocycles. The van der Waals surface area contributed by atoms with Crippen molar-refractivity contribution in [2.45, 2.75) is 39.5 Å². The van der Waals surface area contributed by atoms with Crippen LogP contribution in [0.1, 0.15) is 28.1 Å². The highest BCUT2D eigenvalue weighted by atomic mass is 32.2. The molecule has 114 valence electrons. The third-order valence-corrected chi connectivity index (χ3v) is 5.46. The number of hydrogen-bond donors (Lipinski definition) is 0. The zero-order valence-electron chi connectivity index (χ0n) is 13.2. The number of hydrogen-bond acceptors (Lipinski definition) is 4. The van der Waals surface area contributed by atoms with Crippen LogP contribution in [0.4, 0.5) is 0 Å². The van der Waals surface area contributed by atoms with Crippen molar-refractivity contribution in [3.63, 3.8) is 0 Å². The largest absolute Gasteiger partial charge is 0.496 e. The summed E-state index contributed by atoms with van der Waals surface area (Å²) in [5.74, 6) is 0.722. The molecule has 0 bridgehead atoms. The van der Waals surface area contributed by atoms with E-state index >= 15 is 0 Å². The maximum absolute atomic E-state index is 12.9. The van der Waals surface area contributed by atoms with E-state index < -0.39 is 10.0 Å². The first-order valence-corrected chi connectivity index (χ1v) is 8.07. The standard InChI is InChI=1S/C15H20N2O3S/c1-9-7-14(12(4)13(5)15(9)20-6)21(18,19)17-11(3)8-10(2)16-17/h7-8H,1-6H3. The maximum Gasteiger partial charge on any atom is 0.283 e. The molecule has 2 aromatic rings. The Balaban J connectivity index is 2.75. The number of benzene rings is 1. The summed E-state index contributed by atoms with van der Waals surface area (Å²) in [6.45, 7) is 9.00. The predicted molar refractivity (Wildman–Crippen MR) is 81.5 cm³/mol. The third kappa shape index (κ3) is 2.44. The molecule has 0 aliphatic carbocycles. The van der Waals surface area contributed by atoms with Crippen LogP contribution in [-0.2, 0) is 10.0 Å². The average Bonchev–Trinajstić information content (AvgIpc) is 2.74. The van der Waals surface area contributed by atoms with Gasteiger partial charge in [-0.3, -0.25) is 0 Å². The van der Waals surface area contributed by atoms with Gasteiger partial charge in [-0.25, -0.2) is 0 Å². The topological polar surface area (TPSA) is 61.2 Å². The van der Waals surface area contributed by atoms with Gasteiger partial charge in [0.2, 0.25) is 0 Å². The molecule has 0 amide bonds. The van der Waals surface area contributed by atoms with Crippen LogP contribution in [0.3, 0.4) is 0 Å². The van der Waals surface area contributed by atoms with Crippen LogP contribution >= 0.6 is 0 Å². The summed E-state index contributed by atoms with van der Waals surface area (Å²) in [5.41, 5.74) is 3.58. The van der Waals surface area contributed by atoms with Gasteiger partial charge in [0.25, 0.3) is 10.0 Å². The second-order valence-corrected chi connectivity index (χ2v) is 6.99. The van der Waals surface area contributed by atoms with Gasteiger partial charge in [-0.1, -0.05) is 0 Å². The number of nitrogens with zero attached hydrogens (tertiary/aromatic N) is 2. The van der Waals surface area contributed by atoms with Gasteiger partial charge in [0, 0.05) is 0 Å². The monoisotopic (exact) mass is 308 g/mol. The van der Waals surface area contributed by atoms with Crippen LogP contribution in [0.5, 0.6) is 5.75 Å². The number of methoxy groups -OCH3 is 1. The van der Waals surface area contributed by atoms with Crippen LogP contribution in [0.25, 0.3) is 0 Å². The first kappa shape index (κ1) is 15.6. The molecule has 21 heavy (non-hydrogen) atoms. The maximum atomic E-state index is 12.9. The molecule has 1 aromatic heterocycles. The fourth-order valence-electron chi connectivity index (χ4n) is 2.55. The Morgan fingerprint density at radius 1 is 1.05 bits per heavy atom. The van der Waals surface area contributed by atoms with Crippen LogP contribution in [-0.4, -0.2) is 24.7 Å². The smallest absolute Gasteiger partial charge is 0.283 e. The molecule has 0 aliphatic heterocycles. The highest BCUT2D eigenvalue weighted by Crippen LogP contribution is 2.32. The van der Waals surface area contributed by atoms with Crippen LogP contribution < -0.4 is 4.74 Å². The minimum absolute atomic E-state index is 0.268. The minimum Gasteiger partial charge on any atom is -0.496 e. The van der Waals surface area contributed by atoms with Crippen LogP contribution in [0.15, 0.2) is 17.0 Å². The second kappa shape index (κ2) is 5.18. The Kier molecular flexibility index (Phi) is 3.84. The Bertz CT molecular complexity index is 805. The number of aromatic nitrogens is 2. The molecule has 0 spiro atoms. The van der Waals surface area contributed by atoms with Crippen molar-refractivity contribution in [2.75, 3.05) is 7.11 Å². The lowest BCUT2D eigenvalue weighted by molar-refractivity contribution is 0.407. The Labute approximate surface area is 125 Å². The fraction of sp³-hybridized carbons (Fsp3) is 0.400. The van der Waals surface area contributed by atoms with E-state index in [4.69, 9.17) is 4.74 Å². The van der Waals surface area contributed by atoms with Crippen molar-refractivity contribution in [1.29, 1.82) is 0 Å². The van der Waals surface area contributed by atoms with E-state index in [-0.39, 0.29) is 4.90 Å². The zero-order valence-corrected chi connectivity index (χ0v) is 14.0. The lowest BCUT2D eigenvalue weighted by atomic mass is 10.1. The van der Waals surface area contributed by atoms with Crippen LogP contribution in [0, 0.1) is 34.6 Å². The van der Waals surface area contributed by atoms with E-state index in [9.17, 15) is 8.42 Å². The minimum atomic E-state index is -3.70. The van der Waals surface area contributed by atoms with E-state index in [0.29, 0.717) is 17.0 Å². The molecule has 0 fully saturated rings. The average molecular weight is 308 g/mol. The molecule has 0 saturated carbocycles. The van der Waals surface area contributed by atoms with Gasteiger partial charge in [-0.2, -0.15) is 17.6 Å². The summed E-state index contributed by atoms with van der Waals surface area (Å²) < 4.78 is 32.1. The summed E-state index contributed by atoms with van der Waals surface area (Å²) in [5, 5.41) is 4.10. The van der Waals surface area contributed by atoms with E-state index in [0.717, 1.165) is 21.0 Å². The first-order chi connectivity index (χ1) is 9.70. The van der Waals surface area contributed by atoms with Gasteiger partial charge in [0.15, 0.2) is 0 Å². The van der Waals surface area contributed by atoms with Crippen molar-refractivity contribution in [3.8, 4) is 5.75 Å². The summed E-state index contributed by atoms with van der Waals surface area (Å²) in [6.07, 6.45) is 0. The second-order valence-electron chi connectivity index (χ2n) is 5.25. The molecule has 0 radical (unpaired) electrons. The Morgan fingerprint density at radius 3 is 2.14 bits per heavy atom. The number of aryl methyl sites for hydroxylation is 3. The van der Waals surface area contributed by atoms with Gasteiger partial charge < -0.3 is 4.74 Å². The molecule has 0 aliphatic rings. The van der Waals surface area contributed by atoms with Gasteiger partial charge in [-0.05, 0) is 63.4 Å². The Morgan fingerprint density at radius 2 is 1.67 bits per heavy atom. The van der Waals surface area contributed by atoms with Crippen molar-refractivity contribution in [3.05, 3.63) is 40.2 Å². The molecule has 0 N–H and O–H groups in total. The number of ether oxygens (including phenoxy) is 1. The summed E-state index contributed by atoms with van der Waals surface area (Å²) in [6, 6.07) is 3.39. The highest BCUT2D eigenvalue weighted by molar-refractivity contribution is 7.90. The normalized spacial score (nSPS) is 11.7. The van der Waals surface area contributed by atoms with E-state index in [1.165, 1.54) is 0 Å². The first-order valence-electron chi connectivity index (χ1n) is 6.63. The predicted octanol–water partition coefficient (Wildman–Crippen LogP) is 2.67. The van der Waals surface area contributed by atoms with Gasteiger partial charge in [0.05, 0.1) is 23.4 Å². The molecule has 6 heteroatoms.